The van der Waals surface area contributed by atoms with Crippen LogP contribution in [0.2, 0.25) is 0 Å². The zero-order chi connectivity index (χ0) is 20.0. The van der Waals surface area contributed by atoms with Crippen LogP contribution in [-0.2, 0) is 14.3 Å². The van der Waals surface area contributed by atoms with Gasteiger partial charge in [-0.25, -0.2) is 4.98 Å². The number of hydrogen-bond donors (Lipinski definition) is 0. The summed E-state index contributed by atoms with van der Waals surface area (Å²) in [4.78, 5) is 40.2. The molecule has 0 fully saturated rings. The van der Waals surface area contributed by atoms with E-state index in [1.165, 1.54) is 11.3 Å². The lowest BCUT2D eigenvalue weighted by atomic mass is 10.0. The van der Waals surface area contributed by atoms with Crippen molar-refractivity contribution in [2.45, 2.75) is 39.5 Å². The topological polar surface area (TPSA) is 97.1 Å². The van der Waals surface area contributed by atoms with E-state index >= 15 is 0 Å². The maximum Gasteiger partial charge on any atom is 0.306 e. The maximum atomic E-state index is 12.2. The molecule has 0 saturated carbocycles. The zero-order valence-corrected chi connectivity index (χ0v) is 16.3. The molecular formula is C20H20N2O4S. The molecule has 140 valence electrons. The second-order valence-corrected chi connectivity index (χ2v) is 7.13. The van der Waals surface area contributed by atoms with Crippen LogP contribution in [0.5, 0.6) is 0 Å². The monoisotopic (exact) mass is 384 g/mol. The fourth-order valence-electron chi connectivity index (χ4n) is 2.35. The fraction of sp³-hybridized carbons (Fsp3) is 0.350. The van der Waals surface area contributed by atoms with Gasteiger partial charge >= 0.3 is 5.97 Å². The molecule has 0 aliphatic heterocycles. The predicted octanol–water partition coefficient (Wildman–Crippen LogP) is 3.45. The number of nitriles is 1. The number of ketones is 2. The SMILES string of the molecule is Cc1csc([C@@H](C#N)C(=O)COC(=O)CCC(=O)c2ccc(C)c(C)c2)n1. The van der Waals surface area contributed by atoms with Gasteiger partial charge in [0.2, 0.25) is 0 Å². The Labute approximate surface area is 161 Å². The Morgan fingerprint density at radius 2 is 1.93 bits per heavy atom. The molecule has 0 spiro atoms. The van der Waals surface area contributed by atoms with E-state index in [9.17, 15) is 19.6 Å². The quantitative estimate of drug-likeness (QED) is 0.511. The van der Waals surface area contributed by atoms with Crippen LogP contribution in [0.25, 0.3) is 0 Å². The van der Waals surface area contributed by atoms with Crippen molar-refractivity contribution in [3.63, 3.8) is 0 Å². The smallest absolute Gasteiger partial charge is 0.306 e. The van der Waals surface area contributed by atoms with Gasteiger partial charge in [0.05, 0.1) is 12.5 Å². The highest BCUT2D eigenvalue weighted by Gasteiger charge is 2.24. The van der Waals surface area contributed by atoms with Crippen molar-refractivity contribution in [3.05, 3.63) is 51.0 Å². The number of nitrogens with zero attached hydrogens (tertiary/aromatic N) is 2. The second-order valence-electron chi connectivity index (χ2n) is 6.24. The van der Waals surface area contributed by atoms with Crippen molar-refractivity contribution < 1.29 is 19.1 Å². The molecule has 0 bridgehead atoms. The van der Waals surface area contributed by atoms with Crippen LogP contribution in [-0.4, -0.2) is 29.1 Å². The minimum Gasteiger partial charge on any atom is -0.458 e. The Kier molecular flexibility index (Phi) is 6.97. The number of rotatable bonds is 8. The number of esters is 1. The molecule has 0 amide bonds. The van der Waals surface area contributed by atoms with Crippen molar-refractivity contribution >= 4 is 28.9 Å². The summed E-state index contributed by atoms with van der Waals surface area (Å²) < 4.78 is 4.93. The molecule has 1 aromatic carbocycles. The Hall–Kier alpha value is -2.85. The van der Waals surface area contributed by atoms with Crippen LogP contribution in [0.15, 0.2) is 23.6 Å². The van der Waals surface area contributed by atoms with Gasteiger partial charge in [0, 0.05) is 23.1 Å². The van der Waals surface area contributed by atoms with Crippen molar-refractivity contribution in [1.29, 1.82) is 5.26 Å². The molecule has 1 heterocycles. The fourth-order valence-corrected chi connectivity index (χ4v) is 3.21. The summed E-state index contributed by atoms with van der Waals surface area (Å²) in [5.41, 5.74) is 3.37. The highest BCUT2D eigenvalue weighted by Crippen LogP contribution is 2.21. The highest BCUT2D eigenvalue weighted by atomic mass is 32.1. The van der Waals surface area contributed by atoms with Gasteiger partial charge in [0.15, 0.2) is 24.1 Å². The van der Waals surface area contributed by atoms with Crippen LogP contribution >= 0.6 is 11.3 Å². The lowest BCUT2D eigenvalue weighted by molar-refractivity contribution is -0.148. The first-order valence-electron chi connectivity index (χ1n) is 8.42. The van der Waals surface area contributed by atoms with Crippen LogP contribution < -0.4 is 0 Å². The van der Waals surface area contributed by atoms with Gasteiger partial charge in [-0.1, -0.05) is 12.1 Å². The number of carbonyl (C=O) groups excluding carboxylic acids is 3. The lowest BCUT2D eigenvalue weighted by Gasteiger charge is -2.07. The molecule has 0 N–H and O–H groups in total. The van der Waals surface area contributed by atoms with Gasteiger partial charge in [-0.15, -0.1) is 11.3 Å². The molecule has 0 aliphatic carbocycles. The van der Waals surface area contributed by atoms with E-state index in [2.05, 4.69) is 4.98 Å². The van der Waals surface area contributed by atoms with E-state index < -0.39 is 24.3 Å². The van der Waals surface area contributed by atoms with Gasteiger partial charge in [0.1, 0.15) is 5.01 Å². The third-order valence-electron chi connectivity index (χ3n) is 4.10. The van der Waals surface area contributed by atoms with E-state index in [0.29, 0.717) is 10.6 Å². The first-order chi connectivity index (χ1) is 12.8. The standard InChI is InChI=1S/C20H20N2O4S/c1-12-4-5-15(8-13(12)2)17(23)6-7-19(25)26-10-18(24)16(9-21)20-22-14(3)11-27-20/h4-5,8,11,16H,6-7,10H2,1-3H3/t16-/m0/s1. The third kappa shape index (κ3) is 5.56. The molecule has 2 rings (SSSR count). The number of thiazole rings is 1. The molecule has 0 unspecified atom stereocenters. The molecule has 0 saturated heterocycles. The van der Waals surface area contributed by atoms with Crippen molar-refractivity contribution in [2.24, 2.45) is 0 Å². The molecule has 6 nitrogen and oxygen atoms in total. The van der Waals surface area contributed by atoms with Crippen LogP contribution in [0.1, 0.15) is 50.9 Å². The number of ether oxygens (including phenoxy) is 1. The Balaban J connectivity index is 1.83. The minimum atomic E-state index is -1.05. The largest absolute Gasteiger partial charge is 0.458 e. The second kappa shape index (κ2) is 9.19. The summed E-state index contributed by atoms with van der Waals surface area (Å²) in [5.74, 6) is -2.38. The average Bonchev–Trinajstić information content (AvgIpc) is 3.06. The summed E-state index contributed by atoms with van der Waals surface area (Å²) in [6.07, 6.45) is -0.116. The number of aromatic nitrogens is 1. The van der Waals surface area contributed by atoms with Crippen LogP contribution in [0.4, 0.5) is 0 Å². The van der Waals surface area contributed by atoms with E-state index in [4.69, 9.17) is 4.74 Å². The van der Waals surface area contributed by atoms with Crippen LogP contribution in [0.3, 0.4) is 0 Å². The maximum absolute atomic E-state index is 12.2. The summed E-state index contributed by atoms with van der Waals surface area (Å²) in [5, 5.41) is 11.3. The minimum absolute atomic E-state index is 0.00286. The molecule has 7 heteroatoms. The predicted molar refractivity (Wildman–Crippen MR) is 101 cm³/mol. The first-order valence-corrected chi connectivity index (χ1v) is 9.30. The summed E-state index contributed by atoms with van der Waals surface area (Å²) in [7, 11) is 0. The third-order valence-corrected chi connectivity index (χ3v) is 5.12. The normalized spacial score (nSPS) is 11.5. The Morgan fingerprint density at radius 3 is 2.52 bits per heavy atom. The molecule has 1 aromatic heterocycles. The number of Topliss-reactive ketones (excluding diaryl/α,β-unsaturated/α-hetero) is 2. The molecule has 1 atom stereocenters. The Morgan fingerprint density at radius 1 is 1.19 bits per heavy atom. The number of hydrogen-bond acceptors (Lipinski definition) is 7. The average molecular weight is 384 g/mol. The zero-order valence-electron chi connectivity index (χ0n) is 15.4. The van der Waals surface area contributed by atoms with Crippen molar-refractivity contribution in [2.75, 3.05) is 6.61 Å². The first kappa shape index (κ1) is 20.5. The van der Waals surface area contributed by atoms with Gasteiger partial charge in [-0.3, -0.25) is 14.4 Å². The lowest BCUT2D eigenvalue weighted by Crippen LogP contribution is -2.20. The van der Waals surface area contributed by atoms with Gasteiger partial charge in [0.25, 0.3) is 0 Å². The van der Waals surface area contributed by atoms with E-state index in [1.54, 1.807) is 24.4 Å². The molecule has 27 heavy (non-hydrogen) atoms. The van der Waals surface area contributed by atoms with Gasteiger partial charge in [-0.2, -0.15) is 5.26 Å². The molecule has 0 aliphatic rings. The number of aryl methyl sites for hydroxylation is 3. The summed E-state index contributed by atoms with van der Waals surface area (Å²) in [6, 6.07) is 7.27. The van der Waals surface area contributed by atoms with Crippen molar-refractivity contribution in [1.82, 2.24) is 4.98 Å². The number of carbonyl (C=O) groups is 3. The van der Waals surface area contributed by atoms with Gasteiger partial charge in [-0.05, 0) is 38.0 Å². The van der Waals surface area contributed by atoms with Crippen LogP contribution in [0, 0.1) is 32.1 Å². The van der Waals surface area contributed by atoms with E-state index in [1.807, 2.05) is 26.0 Å². The molecular weight excluding hydrogens is 364 g/mol. The Bertz CT molecular complexity index is 911. The summed E-state index contributed by atoms with van der Waals surface area (Å²) >= 11 is 1.22. The molecule has 2 aromatic rings. The molecule has 0 radical (unpaired) electrons. The highest BCUT2D eigenvalue weighted by molar-refractivity contribution is 7.09. The number of benzene rings is 1. The van der Waals surface area contributed by atoms with E-state index in [0.717, 1.165) is 16.8 Å². The summed E-state index contributed by atoms with van der Waals surface area (Å²) in [6.45, 7) is 5.14. The van der Waals surface area contributed by atoms with Crippen molar-refractivity contribution in [3.8, 4) is 6.07 Å². The van der Waals surface area contributed by atoms with Gasteiger partial charge < -0.3 is 4.74 Å². The van der Waals surface area contributed by atoms with E-state index in [-0.39, 0.29) is 18.6 Å².